The highest BCUT2D eigenvalue weighted by molar-refractivity contribution is 5.94. The number of hydrogen-bond acceptors (Lipinski definition) is 6. The zero-order chi connectivity index (χ0) is 21.3. The Bertz CT molecular complexity index is 885. The number of nitrogens with two attached hydrogens (primary N) is 1. The first-order chi connectivity index (χ1) is 14.5. The molecule has 2 fully saturated rings. The number of anilines is 1. The van der Waals surface area contributed by atoms with Gasteiger partial charge < -0.3 is 20.5 Å². The van der Waals surface area contributed by atoms with Gasteiger partial charge in [-0.3, -0.25) is 9.48 Å². The number of ether oxygens (including phenoxy) is 2. The summed E-state index contributed by atoms with van der Waals surface area (Å²) in [6, 6.07) is 0.357. The molecular weight excluding hydrogens is 389 g/mol. The Hall–Kier alpha value is -2.52. The maximum Gasteiger partial charge on any atom is 0.241 e. The van der Waals surface area contributed by atoms with Gasteiger partial charge in [-0.15, -0.1) is 0 Å². The van der Waals surface area contributed by atoms with E-state index in [1.54, 1.807) is 24.2 Å². The first-order valence-corrected chi connectivity index (χ1v) is 10.3. The minimum Gasteiger partial charge on any atom is -0.481 e. The van der Waals surface area contributed by atoms with Gasteiger partial charge in [-0.25, -0.2) is 9.37 Å². The van der Waals surface area contributed by atoms with E-state index in [1.807, 2.05) is 0 Å². The molecule has 0 aromatic carbocycles. The van der Waals surface area contributed by atoms with Gasteiger partial charge in [-0.1, -0.05) is 0 Å². The van der Waals surface area contributed by atoms with Crippen LogP contribution in [-0.2, 0) is 9.53 Å². The van der Waals surface area contributed by atoms with Crippen LogP contribution >= 0.6 is 0 Å². The lowest BCUT2D eigenvalue weighted by Gasteiger charge is -2.22. The Morgan fingerprint density at radius 1 is 1.30 bits per heavy atom. The molecule has 0 aliphatic heterocycles. The van der Waals surface area contributed by atoms with Gasteiger partial charge >= 0.3 is 0 Å². The van der Waals surface area contributed by atoms with Crippen LogP contribution < -0.4 is 15.8 Å². The highest BCUT2D eigenvalue weighted by Gasteiger charge is 2.46. The van der Waals surface area contributed by atoms with Crippen molar-refractivity contribution >= 4 is 11.6 Å². The minimum atomic E-state index is -0.518. The van der Waals surface area contributed by atoms with Crippen LogP contribution in [0.25, 0.3) is 0 Å². The number of pyridine rings is 1. The van der Waals surface area contributed by atoms with E-state index < -0.39 is 17.9 Å². The molecule has 1 amide bonds. The predicted molar refractivity (Wildman–Crippen MR) is 109 cm³/mol. The number of aromatic nitrogens is 3. The standard InChI is InChI=1S/C21H28FN5O3/c1-29-11-17(16-7-14(22)8-24-21(16)30-2)27-10-15(9-25-27)26-20(28)19(23)18(12-3-4-12)13-5-6-13/h7-10,12-13,17-19H,3-6,11,23H2,1-2H3,(H,26,28). The molecule has 0 bridgehead atoms. The molecule has 2 atom stereocenters. The lowest BCUT2D eigenvalue weighted by molar-refractivity contribution is -0.118. The van der Waals surface area contributed by atoms with Gasteiger partial charge in [-0.05, 0) is 49.5 Å². The monoisotopic (exact) mass is 417 g/mol. The fourth-order valence-corrected chi connectivity index (χ4v) is 4.23. The maximum atomic E-state index is 13.8. The quantitative estimate of drug-likeness (QED) is 0.615. The van der Waals surface area contributed by atoms with Crippen molar-refractivity contribution in [3.05, 3.63) is 36.0 Å². The van der Waals surface area contributed by atoms with E-state index in [4.69, 9.17) is 15.2 Å². The number of nitrogens with one attached hydrogen (secondary N) is 1. The van der Waals surface area contributed by atoms with E-state index in [2.05, 4.69) is 15.4 Å². The molecule has 3 N–H and O–H groups in total. The van der Waals surface area contributed by atoms with E-state index in [0.29, 0.717) is 29.0 Å². The number of carbonyl (C=O) groups excluding carboxylic acids is 1. The average Bonchev–Trinajstić information content (AvgIpc) is 3.67. The Labute approximate surface area is 174 Å². The number of carbonyl (C=O) groups is 1. The third kappa shape index (κ3) is 4.46. The lowest BCUT2D eigenvalue weighted by Crippen LogP contribution is -2.43. The van der Waals surface area contributed by atoms with E-state index >= 15 is 0 Å². The molecule has 2 heterocycles. The summed E-state index contributed by atoms with van der Waals surface area (Å²) in [4.78, 5) is 16.7. The fraction of sp³-hybridized carbons (Fsp3) is 0.571. The molecule has 0 saturated heterocycles. The smallest absolute Gasteiger partial charge is 0.241 e. The largest absolute Gasteiger partial charge is 0.481 e. The second kappa shape index (κ2) is 8.69. The fourth-order valence-electron chi connectivity index (χ4n) is 4.23. The zero-order valence-corrected chi connectivity index (χ0v) is 17.3. The summed E-state index contributed by atoms with van der Waals surface area (Å²) >= 11 is 0. The van der Waals surface area contributed by atoms with Crippen molar-refractivity contribution in [2.45, 2.75) is 37.8 Å². The molecule has 30 heavy (non-hydrogen) atoms. The first kappa shape index (κ1) is 20.7. The van der Waals surface area contributed by atoms with Gasteiger partial charge in [0, 0.05) is 18.9 Å². The van der Waals surface area contributed by atoms with Gasteiger partial charge in [0.05, 0.1) is 37.8 Å². The predicted octanol–water partition coefficient (Wildman–Crippen LogP) is 2.36. The molecule has 9 heteroatoms. The van der Waals surface area contributed by atoms with Crippen molar-refractivity contribution in [1.82, 2.24) is 14.8 Å². The molecule has 2 aliphatic rings. The molecule has 2 aromatic rings. The van der Waals surface area contributed by atoms with Gasteiger partial charge in [-0.2, -0.15) is 5.10 Å². The Kier molecular flexibility index (Phi) is 6.01. The van der Waals surface area contributed by atoms with Crippen LogP contribution in [0.2, 0.25) is 0 Å². The van der Waals surface area contributed by atoms with Crippen LogP contribution in [0.15, 0.2) is 24.7 Å². The van der Waals surface area contributed by atoms with Crippen LogP contribution in [0.3, 0.4) is 0 Å². The van der Waals surface area contributed by atoms with Gasteiger partial charge in [0.15, 0.2) is 0 Å². The number of rotatable bonds is 10. The van der Waals surface area contributed by atoms with E-state index in [1.165, 1.54) is 38.9 Å². The number of halogens is 1. The summed E-state index contributed by atoms with van der Waals surface area (Å²) in [5, 5.41) is 7.23. The van der Waals surface area contributed by atoms with E-state index in [9.17, 15) is 9.18 Å². The van der Waals surface area contributed by atoms with Crippen LogP contribution in [0.5, 0.6) is 5.88 Å². The molecule has 8 nitrogen and oxygen atoms in total. The molecule has 2 saturated carbocycles. The molecule has 2 unspecified atom stereocenters. The molecule has 0 spiro atoms. The summed E-state index contributed by atoms with van der Waals surface area (Å²) in [5.74, 6) is 1.05. The number of amides is 1. The molecule has 2 aliphatic carbocycles. The van der Waals surface area contributed by atoms with E-state index in [-0.39, 0.29) is 18.4 Å². The topological polar surface area (TPSA) is 104 Å². The zero-order valence-electron chi connectivity index (χ0n) is 17.3. The van der Waals surface area contributed by atoms with Crippen molar-refractivity contribution in [2.75, 3.05) is 26.1 Å². The van der Waals surface area contributed by atoms with E-state index in [0.717, 1.165) is 6.20 Å². The van der Waals surface area contributed by atoms with Gasteiger partial charge in [0.1, 0.15) is 11.9 Å². The first-order valence-electron chi connectivity index (χ1n) is 10.3. The van der Waals surface area contributed by atoms with Crippen LogP contribution in [0.1, 0.15) is 37.3 Å². The third-order valence-corrected chi connectivity index (χ3v) is 5.96. The highest BCUT2D eigenvalue weighted by Crippen LogP contribution is 2.50. The van der Waals surface area contributed by atoms with Crippen molar-refractivity contribution in [3.63, 3.8) is 0 Å². The summed E-state index contributed by atoms with van der Waals surface area (Å²) in [6.45, 7) is 0.224. The van der Waals surface area contributed by atoms with Crippen molar-refractivity contribution in [1.29, 1.82) is 0 Å². The SMILES string of the molecule is COCC(c1cc(F)cnc1OC)n1cc(NC(=O)C(N)C(C2CC2)C2CC2)cn1. The van der Waals surface area contributed by atoms with Crippen LogP contribution in [0.4, 0.5) is 10.1 Å². The number of methoxy groups -OCH3 is 2. The second-order valence-corrected chi connectivity index (χ2v) is 8.20. The third-order valence-electron chi connectivity index (χ3n) is 5.96. The Morgan fingerprint density at radius 3 is 2.60 bits per heavy atom. The Morgan fingerprint density at radius 2 is 2.00 bits per heavy atom. The molecule has 2 aromatic heterocycles. The summed E-state index contributed by atoms with van der Waals surface area (Å²) in [7, 11) is 3.02. The van der Waals surface area contributed by atoms with Crippen molar-refractivity contribution in [2.24, 2.45) is 23.5 Å². The molecule has 162 valence electrons. The lowest BCUT2D eigenvalue weighted by atomic mass is 9.89. The second-order valence-electron chi connectivity index (χ2n) is 8.20. The summed E-state index contributed by atoms with van der Waals surface area (Å²) in [5.41, 5.74) is 7.36. The summed E-state index contributed by atoms with van der Waals surface area (Å²) in [6.07, 6.45) is 9.01. The van der Waals surface area contributed by atoms with Gasteiger partial charge in [0.25, 0.3) is 0 Å². The Balaban J connectivity index is 1.50. The average molecular weight is 417 g/mol. The molecule has 4 rings (SSSR count). The van der Waals surface area contributed by atoms with Crippen LogP contribution in [-0.4, -0.2) is 47.5 Å². The highest BCUT2D eigenvalue weighted by atomic mass is 19.1. The minimum absolute atomic E-state index is 0.188. The molecular formula is C21H28FN5O3. The number of hydrogen-bond donors (Lipinski definition) is 2. The number of nitrogens with zero attached hydrogens (tertiary/aromatic N) is 3. The van der Waals surface area contributed by atoms with Crippen molar-refractivity contribution < 1.29 is 18.7 Å². The summed E-state index contributed by atoms with van der Waals surface area (Å²) < 4.78 is 26.0. The van der Waals surface area contributed by atoms with Crippen molar-refractivity contribution in [3.8, 4) is 5.88 Å². The normalized spacial score (nSPS) is 18.3. The van der Waals surface area contributed by atoms with Crippen LogP contribution in [0, 0.1) is 23.6 Å². The maximum absolute atomic E-state index is 13.8. The molecule has 0 radical (unpaired) electrons. The van der Waals surface area contributed by atoms with Gasteiger partial charge in [0.2, 0.25) is 11.8 Å².